The van der Waals surface area contributed by atoms with E-state index in [4.69, 9.17) is 4.74 Å². The molecule has 0 heterocycles. The van der Waals surface area contributed by atoms with Crippen molar-refractivity contribution in [1.82, 2.24) is 5.32 Å². The molecule has 0 fully saturated rings. The van der Waals surface area contributed by atoms with Gasteiger partial charge in [-0.25, -0.2) is 8.42 Å². The number of fused-ring (bicyclic) bond motifs is 1. The number of nitrogens with zero attached hydrogens (tertiary/aromatic N) is 1. The number of nitrogens with one attached hydrogen (secondary N) is 1. The molecule has 3 rings (SSSR count). The van der Waals surface area contributed by atoms with E-state index in [2.05, 4.69) is 23.5 Å². The van der Waals surface area contributed by atoms with Gasteiger partial charge in [0.25, 0.3) is 5.91 Å². The second kappa shape index (κ2) is 9.08. The van der Waals surface area contributed by atoms with Crippen LogP contribution in [0.15, 0.2) is 42.5 Å². The number of carbonyl (C=O) groups is 1. The Kier molecular flexibility index (Phi) is 6.71. The third kappa shape index (κ3) is 5.14. The number of ether oxygens (including phenoxy) is 1. The molecule has 2 aromatic rings. The SMILES string of the molecule is CC[C@H](Oc1ccc(N(C)S(C)(=O)=O)cc1)C(=O)N[C@H](C)c1ccc2c(c1)CCC2. The quantitative estimate of drug-likeness (QED) is 0.694. The first-order valence-electron chi connectivity index (χ1n) is 10.3. The van der Waals surface area contributed by atoms with Crippen molar-refractivity contribution in [2.24, 2.45) is 0 Å². The van der Waals surface area contributed by atoms with Gasteiger partial charge in [0.15, 0.2) is 6.10 Å². The van der Waals surface area contributed by atoms with E-state index in [-0.39, 0.29) is 11.9 Å². The second-order valence-corrected chi connectivity index (χ2v) is 9.86. The van der Waals surface area contributed by atoms with Gasteiger partial charge in [0.05, 0.1) is 18.0 Å². The summed E-state index contributed by atoms with van der Waals surface area (Å²) in [7, 11) is -1.83. The molecule has 0 spiro atoms. The fourth-order valence-electron chi connectivity index (χ4n) is 3.66. The molecule has 1 aliphatic carbocycles. The predicted molar refractivity (Wildman–Crippen MR) is 119 cm³/mol. The molecule has 0 radical (unpaired) electrons. The molecule has 0 bridgehead atoms. The third-order valence-corrected chi connectivity index (χ3v) is 6.83. The molecule has 1 amide bonds. The fraction of sp³-hybridized carbons (Fsp3) is 0.435. The minimum absolute atomic E-state index is 0.105. The highest BCUT2D eigenvalue weighted by Gasteiger charge is 2.22. The Morgan fingerprint density at radius 3 is 2.43 bits per heavy atom. The fourth-order valence-corrected chi connectivity index (χ4v) is 4.17. The minimum Gasteiger partial charge on any atom is -0.481 e. The molecule has 7 heteroatoms. The molecule has 2 aromatic carbocycles. The average Bonchev–Trinajstić information content (AvgIpc) is 3.19. The highest BCUT2D eigenvalue weighted by Crippen LogP contribution is 2.26. The molecule has 6 nitrogen and oxygen atoms in total. The van der Waals surface area contributed by atoms with Crippen LogP contribution < -0.4 is 14.4 Å². The van der Waals surface area contributed by atoms with Crippen LogP contribution in [0.5, 0.6) is 5.75 Å². The van der Waals surface area contributed by atoms with Crippen molar-refractivity contribution in [2.45, 2.75) is 51.7 Å². The van der Waals surface area contributed by atoms with E-state index >= 15 is 0 Å². The molecule has 30 heavy (non-hydrogen) atoms. The van der Waals surface area contributed by atoms with Crippen molar-refractivity contribution in [3.05, 3.63) is 59.2 Å². The molecule has 0 aromatic heterocycles. The van der Waals surface area contributed by atoms with Crippen LogP contribution in [-0.2, 0) is 27.7 Å². The maximum atomic E-state index is 12.8. The summed E-state index contributed by atoms with van der Waals surface area (Å²) in [4.78, 5) is 12.8. The number of amides is 1. The van der Waals surface area contributed by atoms with Crippen LogP contribution in [0.25, 0.3) is 0 Å². The molecular weight excluding hydrogens is 400 g/mol. The van der Waals surface area contributed by atoms with Gasteiger partial charge in [-0.3, -0.25) is 9.10 Å². The Labute approximate surface area is 179 Å². The first kappa shape index (κ1) is 22.2. The van der Waals surface area contributed by atoms with Crippen LogP contribution in [0, 0.1) is 0 Å². The summed E-state index contributed by atoms with van der Waals surface area (Å²) < 4.78 is 30.4. The van der Waals surface area contributed by atoms with Gasteiger partial charge in [0.2, 0.25) is 10.0 Å². The van der Waals surface area contributed by atoms with Crippen LogP contribution in [0.1, 0.15) is 49.4 Å². The highest BCUT2D eigenvalue weighted by atomic mass is 32.2. The number of hydrogen-bond acceptors (Lipinski definition) is 4. The largest absolute Gasteiger partial charge is 0.481 e. The zero-order valence-corrected chi connectivity index (χ0v) is 18.8. The zero-order chi connectivity index (χ0) is 21.9. The smallest absolute Gasteiger partial charge is 0.261 e. The Bertz CT molecular complexity index is 1000. The molecule has 0 unspecified atom stereocenters. The van der Waals surface area contributed by atoms with Crippen molar-refractivity contribution in [3.8, 4) is 5.75 Å². The second-order valence-electron chi connectivity index (χ2n) is 7.85. The van der Waals surface area contributed by atoms with E-state index in [1.165, 1.54) is 28.9 Å². The first-order valence-corrected chi connectivity index (χ1v) is 12.2. The Morgan fingerprint density at radius 1 is 1.13 bits per heavy atom. The monoisotopic (exact) mass is 430 g/mol. The number of rotatable bonds is 8. The van der Waals surface area contributed by atoms with Gasteiger partial charge in [-0.05, 0) is 73.6 Å². The number of hydrogen-bond donors (Lipinski definition) is 1. The van der Waals surface area contributed by atoms with Crippen LogP contribution in [-0.4, -0.2) is 33.7 Å². The Balaban J connectivity index is 1.63. The van der Waals surface area contributed by atoms with Crippen LogP contribution in [0.2, 0.25) is 0 Å². The van der Waals surface area contributed by atoms with Gasteiger partial charge >= 0.3 is 0 Å². The van der Waals surface area contributed by atoms with E-state index in [9.17, 15) is 13.2 Å². The molecule has 1 N–H and O–H groups in total. The summed E-state index contributed by atoms with van der Waals surface area (Å²) in [6.45, 7) is 3.88. The number of anilines is 1. The summed E-state index contributed by atoms with van der Waals surface area (Å²) in [5, 5.41) is 3.06. The number of carbonyl (C=O) groups excluding carboxylic acids is 1. The van der Waals surface area contributed by atoms with E-state index in [0.29, 0.717) is 17.9 Å². The van der Waals surface area contributed by atoms with Crippen molar-refractivity contribution >= 4 is 21.6 Å². The van der Waals surface area contributed by atoms with E-state index in [0.717, 1.165) is 24.7 Å². The normalized spacial score (nSPS) is 15.2. The summed E-state index contributed by atoms with van der Waals surface area (Å²) >= 11 is 0. The van der Waals surface area contributed by atoms with Gasteiger partial charge < -0.3 is 10.1 Å². The van der Waals surface area contributed by atoms with E-state index in [1.807, 2.05) is 13.8 Å². The highest BCUT2D eigenvalue weighted by molar-refractivity contribution is 7.92. The first-order chi connectivity index (χ1) is 14.2. The number of benzene rings is 2. The molecule has 0 saturated carbocycles. The maximum absolute atomic E-state index is 12.8. The lowest BCUT2D eigenvalue weighted by Gasteiger charge is -2.22. The van der Waals surface area contributed by atoms with Crippen LogP contribution >= 0.6 is 0 Å². The van der Waals surface area contributed by atoms with Crippen molar-refractivity contribution < 1.29 is 17.9 Å². The Morgan fingerprint density at radius 2 is 1.80 bits per heavy atom. The number of sulfonamides is 1. The number of aryl methyl sites for hydroxylation is 2. The van der Waals surface area contributed by atoms with Crippen LogP contribution in [0.3, 0.4) is 0 Å². The lowest BCUT2D eigenvalue weighted by Crippen LogP contribution is -2.39. The summed E-state index contributed by atoms with van der Waals surface area (Å²) in [6.07, 6.45) is 4.49. The Hall–Kier alpha value is -2.54. The van der Waals surface area contributed by atoms with E-state index in [1.54, 1.807) is 24.3 Å². The summed E-state index contributed by atoms with van der Waals surface area (Å²) in [5.41, 5.74) is 4.44. The van der Waals surface area contributed by atoms with Crippen LogP contribution in [0.4, 0.5) is 5.69 Å². The van der Waals surface area contributed by atoms with Gasteiger partial charge in [-0.2, -0.15) is 0 Å². The summed E-state index contributed by atoms with van der Waals surface area (Å²) in [5.74, 6) is 0.357. The van der Waals surface area contributed by atoms with Gasteiger partial charge in [-0.1, -0.05) is 25.1 Å². The maximum Gasteiger partial charge on any atom is 0.261 e. The summed E-state index contributed by atoms with van der Waals surface area (Å²) in [6, 6.07) is 13.0. The van der Waals surface area contributed by atoms with Gasteiger partial charge in [-0.15, -0.1) is 0 Å². The average molecular weight is 431 g/mol. The molecular formula is C23H30N2O4S. The lowest BCUT2D eigenvalue weighted by atomic mass is 10.0. The van der Waals surface area contributed by atoms with Crippen molar-refractivity contribution in [3.63, 3.8) is 0 Å². The van der Waals surface area contributed by atoms with Gasteiger partial charge in [0.1, 0.15) is 5.75 Å². The molecule has 0 aliphatic heterocycles. The molecule has 1 aliphatic rings. The van der Waals surface area contributed by atoms with Crippen molar-refractivity contribution in [1.29, 1.82) is 0 Å². The molecule has 162 valence electrons. The van der Waals surface area contributed by atoms with E-state index < -0.39 is 16.1 Å². The molecule has 0 saturated heterocycles. The van der Waals surface area contributed by atoms with Gasteiger partial charge in [0, 0.05) is 7.05 Å². The predicted octanol–water partition coefficient (Wildman–Crippen LogP) is 3.61. The zero-order valence-electron chi connectivity index (χ0n) is 18.0. The molecule has 2 atom stereocenters. The minimum atomic E-state index is -3.33. The van der Waals surface area contributed by atoms with Crippen molar-refractivity contribution in [2.75, 3.05) is 17.6 Å². The third-order valence-electron chi connectivity index (χ3n) is 5.62. The topological polar surface area (TPSA) is 75.7 Å². The lowest BCUT2D eigenvalue weighted by molar-refractivity contribution is -0.128. The standard InChI is InChI=1S/C23H30N2O4S/c1-5-22(29-21-13-11-20(12-14-21)25(3)30(4,27)28)23(26)24-16(2)18-10-9-17-7-6-8-19(17)15-18/h9-16,22H,5-8H2,1-4H3,(H,24,26)/t16-,22+/m1/s1.